The Morgan fingerprint density at radius 1 is 1.17 bits per heavy atom. The lowest BCUT2D eigenvalue weighted by atomic mass is 10.1. The molecule has 1 aliphatic heterocycles. The Hall–Kier alpha value is -3.93. The van der Waals surface area contributed by atoms with Crippen molar-refractivity contribution in [1.29, 1.82) is 0 Å². The van der Waals surface area contributed by atoms with Crippen LogP contribution in [-0.4, -0.2) is 69.9 Å². The highest BCUT2D eigenvalue weighted by molar-refractivity contribution is 5.84. The Morgan fingerprint density at radius 2 is 1.92 bits per heavy atom. The van der Waals surface area contributed by atoms with E-state index in [2.05, 4.69) is 15.1 Å². The van der Waals surface area contributed by atoms with Crippen LogP contribution >= 0.6 is 0 Å². The van der Waals surface area contributed by atoms with E-state index in [1.807, 2.05) is 0 Å². The number of carbonyl (C=O) groups excluding carboxylic acids is 1. The number of hydrogen-bond donors (Lipinski definition) is 1. The quantitative estimate of drug-likeness (QED) is 0.418. The van der Waals surface area contributed by atoms with Crippen LogP contribution in [0.4, 0.5) is 13.2 Å². The minimum atomic E-state index is -2.74. The smallest absolute Gasteiger partial charge is 0.275 e. The molecule has 3 heterocycles. The standard InChI is InChI=1S/C24H22F3N5O4/c25-16-9-18-19(10-20(16)36-13-21(26)27)29-22(28-18)11-17-14-3-1-2-4-15(14)24(34)32(30-17)12-23(33)31-5-7-35-8-6-31/h1-4,9-10,21H,5-8,11-13H2,(H,28,29). The van der Waals surface area contributed by atoms with E-state index < -0.39 is 18.8 Å². The van der Waals surface area contributed by atoms with Gasteiger partial charge in [0.15, 0.2) is 11.6 Å². The lowest BCUT2D eigenvalue weighted by Gasteiger charge is -2.26. The number of morpholine rings is 1. The van der Waals surface area contributed by atoms with E-state index in [0.717, 1.165) is 10.7 Å². The summed E-state index contributed by atoms with van der Waals surface area (Å²) in [5.74, 6) is -0.931. The molecule has 1 aliphatic rings. The first-order valence-corrected chi connectivity index (χ1v) is 11.3. The molecule has 12 heteroatoms. The number of ether oxygens (including phenoxy) is 2. The summed E-state index contributed by atoms with van der Waals surface area (Å²) in [5.41, 5.74) is 0.792. The van der Waals surface area contributed by atoms with Crippen molar-refractivity contribution in [3.05, 3.63) is 64.1 Å². The fraction of sp³-hybridized carbons (Fsp3) is 0.333. The molecule has 0 atom stereocenters. The van der Waals surface area contributed by atoms with E-state index in [4.69, 9.17) is 9.47 Å². The highest BCUT2D eigenvalue weighted by Crippen LogP contribution is 2.25. The molecule has 1 N–H and O–H groups in total. The molecule has 1 amide bonds. The maximum Gasteiger partial charge on any atom is 0.275 e. The number of amides is 1. The SMILES string of the molecule is O=C(Cn1nc(Cc2nc3cc(OCC(F)F)c(F)cc3[nH]2)c2ccccc2c1=O)N1CCOCC1. The van der Waals surface area contributed by atoms with Crippen molar-refractivity contribution in [2.24, 2.45) is 0 Å². The maximum atomic E-state index is 14.3. The zero-order valence-electron chi connectivity index (χ0n) is 19.0. The number of alkyl halides is 2. The van der Waals surface area contributed by atoms with Gasteiger partial charge in [0.1, 0.15) is 19.0 Å². The molecule has 188 valence electrons. The summed E-state index contributed by atoms with van der Waals surface area (Å²) in [7, 11) is 0. The fourth-order valence-corrected chi connectivity index (χ4v) is 4.15. The monoisotopic (exact) mass is 501 g/mol. The van der Waals surface area contributed by atoms with Crippen LogP contribution in [0.15, 0.2) is 41.2 Å². The van der Waals surface area contributed by atoms with Gasteiger partial charge in [0, 0.05) is 30.6 Å². The van der Waals surface area contributed by atoms with Gasteiger partial charge in [-0.1, -0.05) is 18.2 Å². The molecule has 0 unspecified atom stereocenters. The minimum absolute atomic E-state index is 0.149. The molecule has 0 saturated carbocycles. The van der Waals surface area contributed by atoms with Crippen LogP contribution in [0, 0.1) is 5.82 Å². The number of benzene rings is 2. The molecule has 36 heavy (non-hydrogen) atoms. The molecule has 5 rings (SSSR count). The number of nitrogens with one attached hydrogen (secondary N) is 1. The van der Waals surface area contributed by atoms with Gasteiger partial charge in [-0.2, -0.15) is 5.10 Å². The molecule has 0 bridgehead atoms. The van der Waals surface area contributed by atoms with Gasteiger partial charge in [-0.15, -0.1) is 0 Å². The summed E-state index contributed by atoms with van der Waals surface area (Å²) in [6.07, 6.45) is -2.59. The summed E-state index contributed by atoms with van der Waals surface area (Å²) in [6.45, 7) is 0.642. The fourth-order valence-electron chi connectivity index (χ4n) is 4.15. The van der Waals surface area contributed by atoms with E-state index in [1.165, 1.54) is 6.07 Å². The zero-order valence-corrected chi connectivity index (χ0v) is 19.0. The number of aromatic nitrogens is 4. The number of rotatable bonds is 7. The Bertz CT molecular complexity index is 1480. The van der Waals surface area contributed by atoms with Crippen molar-refractivity contribution in [1.82, 2.24) is 24.6 Å². The number of aromatic amines is 1. The number of halogens is 3. The van der Waals surface area contributed by atoms with Crippen molar-refractivity contribution in [2.75, 3.05) is 32.9 Å². The van der Waals surface area contributed by atoms with Gasteiger partial charge in [0.25, 0.3) is 12.0 Å². The van der Waals surface area contributed by atoms with Crippen molar-refractivity contribution in [3.63, 3.8) is 0 Å². The number of nitrogens with zero attached hydrogens (tertiary/aromatic N) is 4. The van der Waals surface area contributed by atoms with Crippen LogP contribution in [0.5, 0.6) is 5.75 Å². The van der Waals surface area contributed by atoms with E-state index in [-0.39, 0.29) is 30.2 Å². The molecule has 1 fully saturated rings. The number of carbonyl (C=O) groups is 1. The Kier molecular flexibility index (Phi) is 6.59. The molecule has 0 radical (unpaired) electrons. The van der Waals surface area contributed by atoms with Crippen LogP contribution in [-0.2, 0) is 22.5 Å². The maximum absolute atomic E-state index is 14.3. The van der Waals surface area contributed by atoms with Crippen molar-refractivity contribution in [2.45, 2.75) is 19.4 Å². The van der Waals surface area contributed by atoms with Gasteiger partial charge in [0.05, 0.1) is 41.7 Å². The molecule has 1 saturated heterocycles. The summed E-state index contributed by atoms with van der Waals surface area (Å²) in [5, 5.41) is 5.47. The Labute approximate surface area is 202 Å². The highest BCUT2D eigenvalue weighted by Gasteiger charge is 2.20. The summed E-state index contributed by atoms with van der Waals surface area (Å²) in [4.78, 5) is 34.9. The Morgan fingerprint density at radius 3 is 2.67 bits per heavy atom. The number of hydrogen-bond acceptors (Lipinski definition) is 6. The summed E-state index contributed by atoms with van der Waals surface area (Å²) in [6, 6.07) is 9.30. The van der Waals surface area contributed by atoms with Gasteiger partial charge in [-0.3, -0.25) is 9.59 Å². The lowest BCUT2D eigenvalue weighted by Crippen LogP contribution is -2.43. The zero-order chi connectivity index (χ0) is 25.2. The molecular formula is C24H22F3N5O4. The minimum Gasteiger partial charge on any atom is -0.484 e. The molecule has 4 aromatic rings. The van der Waals surface area contributed by atoms with Crippen molar-refractivity contribution in [3.8, 4) is 5.75 Å². The van der Waals surface area contributed by atoms with Gasteiger partial charge in [-0.25, -0.2) is 22.8 Å². The molecule has 9 nitrogen and oxygen atoms in total. The van der Waals surface area contributed by atoms with E-state index in [0.29, 0.717) is 59.6 Å². The third-order valence-electron chi connectivity index (χ3n) is 5.88. The van der Waals surface area contributed by atoms with Gasteiger partial charge in [-0.05, 0) is 6.07 Å². The predicted molar refractivity (Wildman–Crippen MR) is 124 cm³/mol. The molecule has 2 aromatic heterocycles. The number of imidazole rings is 1. The van der Waals surface area contributed by atoms with Crippen LogP contribution < -0.4 is 10.3 Å². The second kappa shape index (κ2) is 9.97. The second-order valence-corrected chi connectivity index (χ2v) is 8.31. The third-order valence-corrected chi connectivity index (χ3v) is 5.88. The molecule has 0 aliphatic carbocycles. The van der Waals surface area contributed by atoms with Crippen molar-refractivity contribution < 1.29 is 27.4 Å². The summed E-state index contributed by atoms with van der Waals surface area (Å²) < 4.78 is 50.4. The first kappa shape index (κ1) is 23.8. The van der Waals surface area contributed by atoms with Crippen LogP contribution in [0.2, 0.25) is 0 Å². The molecule has 0 spiro atoms. The Balaban J connectivity index is 1.47. The van der Waals surface area contributed by atoms with Gasteiger partial charge < -0.3 is 19.4 Å². The molecule has 2 aromatic carbocycles. The third kappa shape index (κ3) is 4.89. The number of H-pyrrole nitrogens is 1. The number of fused-ring (bicyclic) bond motifs is 2. The van der Waals surface area contributed by atoms with E-state index >= 15 is 0 Å². The predicted octanol–water partition coefficient (Wildman–Crippen LogP) is 2.51. The van der Waals surface area contributed by atoms with Gasteiger partial charge >= 0.3 is 0 Å². The van der Waals surface area contributed by atoms with Crippen LogP contribution in [0.3, 0.4) is 0 Å². The molecular weight excluding hydrogens is 479 g/mol. The van der Waals surface area contributed by atoms with E-state index in [1.54, 1.807) is 29.2 Å². The normalized spacial score (nSPS) is 14.2. The first-order valence-electron chi connectivity index (χ1n) is 11.3. The van der Waals surface area contributed by atoms with Crippen LogP contribution in [0.1, 0.15) is 11.5 Å². The first-order chi connectivity index (χ1) is 17.4. The topological polar surface area (TPSA) is 102 Å². The van der Waals surface area contributed by atoms with Crippen molar-refractivity contribution >= 4 is 27.7 Å². The van der Waals surface area contributed by atoms with Gasteiger partial charge in [0.2, 0.25) is 5.91 Å². The highest BCUT2D eigenvalue weighted by atomic mass is 19.3. The average Bonchev–Trinajstić information content (AvgIpc) is 3.26. The second-order valence-electron chi connectivity index (χ2n) is 8.31. The lowest BCUT2D eigenvalue weighted by molar-refractivity contribution is -0.136. The summed E-state index contributed by atoms with van der Waals surface area (Å²) >= 11 is 0. The average molecular weight is 501 g/mol. The largest absolute Gasteiger partial charge is 0.484 e. The van der Waals surface area contributed by atoms with E-state index in [9.17, 15) is 22.8 Å². The van der Waals surface area contributed by atoms with Crippen LogP contribution in [0.25, 0.3) is 21.8 Å².